The minimum absolute atomic E-state index is 0.547. The molecule has 112 valence electrons. The highest BCUT2D eigenvalue weighted by Crippen LogP contribution is 2.33. The second-order valence-corrected chi connectivity index (χ2v) is 5.58. The predicted octanol–water partition coefficient (Wildman–Crippen LogP) is 5.18. The number of aryl methyl sites for hydroxylation is 2. The fourth-order valence-electron chi connectivity index (χ4n) is 2.15. The molecule has 0 saturated heterocycles. The lowest BCUT2D eigenvalue weighted by molar-refractivity contribution is 0.267. The van der Waals surface area contributed by atoms with Gasteiger partial charge in [0.2, 0.25) is 0 Å². The van der Waals surface area contributed by atoms with Crippen LogP contribution in [0.25, 0.3) is 0 Å². The summed E-state index contributed by atoms with van der Waals surface area (Å²) in [7, 11) is 0. The van der Waals surface area contributed by atoms with E-state index in [0.717, 1.165) is 22.4 Å². The molecule has 21 heavy (non-hydrogen) atoms. The summed E-state index contributed by atoms with van der Waals surface area (Å²) in [6.07, 6.45) is 0. The molecule has 2 aromatic carbocycles. The van der Waals surface area contributed by atoms with Crippen molar-refractivity contribution in [3.63, 3.8) is 0 Å². The van der Waals surface area contributed by atoms with Gasteiger partial charge in [0.1, 0.15) is 6.61 Å². The Hall–Kier alpha value is -1.48. The third-order valence-electron chi connectivity index (χ3n) is 3.46. The number of ether oxygens (including phenoxy) is 2. The van der Waals surface area contributed by atoms with Crippen LogP contribution in [0.2, 0.25) is 0 Å². The van der Waals surface area contributed by atoms with E-state index in [2.05, 4.69) is 48.0 Å². The Morgan fingerprint density at radius 3 is 2.48 bits per heavy atom. The monoisotopic (exact) mass is 348 g/mol. The molecule has 0 amide bonds. The first-order valence-corrected chi connectivity index (χ1v) is 8.27. The van der Waals surface area contributed by atoms with Crippen LogP contribution < -0.4 is 9.47 Å². The first-order chi connectivity index (χ1) is 10.2. The van der Waals surface area contributed by atoms with Gasteiger partial charge in [0, 0.05) is 10.9 Å². The molecule has 0 aromatic heterocycles. The topological polar surface area (TPSA) is 18.5 Å². The zero-order valence-corrected chi connectivity index (χ0v) is 14.4. The third-order valence-corrected chi connectivity index (χ3v) is 4.06. The van der Waals surface area contributed by atoms with Crippen molar-refractivity contribution in [1.82, 2.24) is 0 Å². The maximum atomic E-state index is 6.04. The van der Waals surface area contributed by atoms with Gasteiger partial charge in [-0.15, -0.1) is 0 Å². The quantitative estimate of drug-likeness (QED) is 0.670. The minimum atomic E-state index is 0.547. The van der Waals surface area contributed by atoms with Crippen LogP contribution in [-0.4, -0.2) is 6.61 Å². The molecular formula is C18H21BrO2. The van der Waals surface area contributed by atoms with Crippen LogP contribution in [0.15, 0.2) is 36.4 Å². The summed E-state index contributed by atoms with van der Waals surface area (Å²) in [5.74, 6) is 1.63. The molecule has 3 heteroatoms. The molecule has 2 nitrogen and oxygen atoms in total. The van der Waals surface area contributed by atoms with Crippen LogP contribution in [0, 0.1) is 13.8 Å². The summed E-state index contributed by atoms with van der Waals surface area (Å²) in [6.45, 7) is 7.40. The SMILES string of the molecule is CCOc1cccc(CBr)c1OCc1ccc(C)c(C)c1. The Labute approximate surface area is 135 Å². The smallest absolute Gasteiger partial charge is 0.165 e. The average molecular weight is 349 g/mol. The standard InChI is InChI=1S/C18H21BrO2/c1-4-20-17-7-5-6-16(11-19)18(17)21-12-15-9-8-13(2)14(3)10-15/h5-10H,4,11-12H2,1-3H3. The number of hydrogen-bond acceptors (Lipinski definition) is 2. The fourth-order valence-corrected chi connectivity index (χ4v) is 2.59. The lowest BCUT2D eigenvalue weighted by Gasteiger charge is -2.15. The Balaban J connectivity index is 2.20. The van der Waals surface area contributed by atoms with Gasteiger partial charge >= 0.3 is 0 Å². The number of halogens is 1. The average Bonchev–Trinajstić information content (AvgIpc) is 2.49. The van der Waals surface area contributed by atoms with E-state index in [0.29, 0.717) is 13.2 Å². The van der Waals surface area contributed by atoms with Crippen molar-refractivity contribution in [3.8, 4) is 11.5 Å². The van der Waals surface area contributed by atoms with E-state index in [-0.39, 0.29) is 0 Å². The summed E-state index contributed by atoms with van der Waals surface area (Å²) < 4.78 is 11.7. The molecule has 2 aromatic rings. The summed E-state index contributed by atoms with van der Waals surface area (Å²) in [5.41, 5.74) is 4.86. The second kappa shape index (κ2) is 7.51. The van der Waals surface area contributed by atoms with Crippen molar-refractivity contribution in [2.24, 2.45) is 0 Å². The summed E-state index contributed by atoms with van der Waals surface area (Å²) in [6, 6.07) is 12.4. The second-order valence-electron chi connectivity index (χ2n) is 5.02. The minimum Gasteiger partial charge on any atom is -0.490 e. The van der Waals surface area contributed by atoms with E-state index in [1.165, 1.54) is 16.7 Å². The zero-order valence-electron chi connectivity index (χ0n) is 12.8. The Morgan fingerprint density at radius 2 is 1.81 bits per heavy atom. The van der Waals surface area contributed by atoms with Crippen molar-refractivity contribution >= 4 is 15.9 Å². The van der Waals surface area contributed by atoms with E-state index in [1.54, 1.807) is 0 Å². The molecule has 2 rings (SSSR count). The van der Waals surface area contributed by atoms with Crippen LogP contribution in [-0.2, 0) is 11.9 Å². The third kappa shape index (κ3) is 4.01. The van der Waals surface area contributed by atoms with Gasteiger partial charge in [-0.25, -0.2) is 0 Å². The molecule has 0 aliphatic rings. The van der Waals surface area contributed by atoms with Crippen molar-refractivity contribution in [3.05, 3.63) is 58.7 Å². The summed E-state index contributed by atoms with van der Waals surface area (Å²) >= 11 is 3.51. The molecule has 0 aliphatic heterocycles. The summed E-state index contributed by atoms with van der Waals surface area (Å²) in [5, 5.41) is 0.746. The highest BCUT2D eigenvalue weighted by Gasteiger charge is 2.10. The van der Waals surface area contributed by atoms with Crippen molar-refractivity contribution < 1.29 is 9.47 Å². The molecule has 0 spiro atoms. The van der Waals surface area contributed by atoms with E-state index in [4.69, 9.17) is 9.47 Å². The molecule has 0 fully saturated rings. The normalized spacial score (nSPS) is 10.5. The van der Waals surface area contributed by atoms with Gasteiger partial charge in [-0.05, 0) is 43.5 Å². The molecule has 0 N–H and O–H groups in total. The molecule has 0 unspecified atom stereocenters. The van der Waals surface area contributed by atoms with Crippen molar-refractivity contribution in [1.29, 1.82) is 0 Å². The molecular weight excluding hydrogens is 328 g/mol. The molecule has 0 saturated carbocycles. The van der Waals surface area contributed by atoms with E-state index >= 15 is 0 Å². The Kier molecular flexibility index (Phi) is 5.68. The van der Waals surface area contributed by atoms with Crippen molar-refractivity contribution in [2.75, 3.05) is 6.61 Å². The van der Waals surface area contributed by atoms with Gasteiger partial charge in [0.15, 0.2) is 11.5 Å². The molecule has 0 bridgehead atoms. The van der Waals surface area contributed by atoms with Gasteiger partial charge in [0.05, 0.1) is 6.61 Å². The van der Waals surface area contributed by atoms with Crippen LogP contribution in [0.4, 0.5) is 0 Å². The maximum absolute atomic E-state index is 6.04. The van der Waals surface area contributed by atoms with Crippen LogP contribution >= 0.6 is 15.9 Å². The van der Waals surface area contributed by atoms with Crippen molar-refractivity contribution in [2.45, 2.75) is 32.7 Å². The largest absolute Gasteiger partial charge is 0.490 e. The number of benzene rings is 2. The first kappa shape index (κ1) is 15.9. The predicted molar refractivity (Wildman–Crippen MR) is 90.5 cm³/mol. The first-order valence-electron chi connectivity index (χ1n) is 7.15. The highest BCUT2D eigenvalue weighted by molar-refractivity contribution is 9.08. The van der Waals surface area contributed by atoms with Gasteiger partial charge < -0.3 is 9.47 Å². The number of para-hydroxylation sites is 1. The van der Waals surface area contributed by atoms with E-state index in [1.807, 2.05) is 25.1 Å². The lowest BCUT2D eigenvalue weighted by atomic mass is 10.1. The highest BCUT2D eigenvalue weighted by atomic mass is 79.9. The van der Waals surface area contributed by atoms with Gasteiger partial charge in [-0.2, -0.15) is 0 Å². The molecule has 0 radical (unpaired) electrons. The number of hydrogen-bond donors (Lipinski definition) is 0. The Morgan fingerprint density at radius 1 is 1.00 bits per heavy atom. The maximum Gasteiger partial charge on any atom is 0.165 e. The van der Waals surface area contributed by atoms with Gasteiger partial charge in [-0.1, -0.05) is 46.3 Å². The molecule has 0 aliphatic carbocycles. The fraction of sp³-hybridized carbons (Fsp3) is 0.333. The van der Waals surface area contributed by atoms with Gasteiger partial charge in [-0.3, -0.25) is 0 Å². The number of alkyl halides is 1. The van der Waals surface area contributed by atoms with E-state index < -0.39 is 0 Å². The summed E-state index contributed by atoms with van der Waals surface area (Å²) in [4.78, 5) is 0. The molecule has 0 atom stereocenters. The lowest BCUT2D eigenvalue weighted by Crippen LogP contribution is -2.02. The Bertz CT molecular complexity index is 608. The van der Waals surface area contributed by atoms with Gasteiger partial charge in [0.25, 0.3) is 0 Å². The number of rotatable bonds is 6. The molecule has 0 heterocycles. The van der Waals surface area contributed by atoms with Crippen LogP contribution in [0.3, 0.4) is 0 Å². The van der Waals surface area contributed by atoms with Crippen LogP contribution in [0.1, 0.15) is 29.2 Å². The van der Waals surface area contributed by atoms with Crippen LogP contribution in [0.5, 0.6) is 11.5 Å². The zero-order chi connectivity index (χ0) is 15.2. The van der Waals surface area contributed by atoms with E-state index in [9.17, 15) is 0 Å².